The monoisotopic (exact) mass is 320 g/mol. The smallest absolute Gasteiger partial charge is 0.326 e. The summed E-state index contributed by atoms with van der Waals surface area (Å²) in [6.45, 7) is 8.04. The highest BCUT2D eigenvalue weighted by atomic mass is 32.1. The van der Waals surface area contributed by atoms with Crippen LogP contribution in [0, 0.1) is 27.7 Å². The van der Waals surface area contributed by atoms with Crippen molar-refractivity contribution < 1.29 is 14.6 Å². The van der Waals surface area contributed by atoms with Crippen molar-refractivity contribution in [2.45, 2.75) is 33.6 Å². The molecule has 0 aromatic carbocycles. The van der Waals surface area contributed by atoms with Crippen molar-refractivity contribution in [3.05, 3.63) is 48.7 Å². The van der Waals surface area contributed by atoms with Gasteiger partial charge in [-0.25, -0.2) is 0 Å². The van der Waals surface area contributed by atoms with Crippen molar-refractivity contribution in [2.24, 2.45) is 0 Å². The molecule has 3 rings (SSSR count). The summed E-state index contributed by atoms with van der Waals surface area (Å²) in [6.07, 6.45) is 0. The normalized spacial score (nSPS) is 18.5. The Morgan fingerprint density at radius 3 is 2.19 bits per heavy atom. The molecular weight excluding hydrogens is 304 g/mol. The summed E-state index contributed by atoms with van der Waals surface area (Å²) in [5.41, 5.74) is 2.45. The molecule has 1 N–H and O–H groups in total. The van der Waals surface area contributed by atoms with Gasteiger partial charge in [0.15, 0.2) is 0 Å². The van der Waals surface area contributed by atoms with Gasteiger partial charge >= 0.3 is 5.97 Å². The molecule has 5 heteroatoms. The molecule has 0 spiro atoms. The lowest BCUT2D eigenvalue weighted by molar-refractivity contribution is -0.140. The molecule has 0 bridgehead atoms. The highest BCUT2D eigenvalue weighted by Crippen LogP contribution is 2.45. The van der Waals surface area contributed by atoms with E-state index in [1.54, 1.807) is 22.7 Å². The average Bonchev–Trinajstić information content (AvgIpc) is 2.96. The zero-order chi connectivity index (χ0) is 15.3. The van der Waals surface area contributed by atoms with Crippen molar-refractivity contribution in [2.75, 3.05) is 0 Å². The molecular formula is C16H16O3S2. The predicted molar refractivity (Wildman–Crippen MR) is 86.0 cm³/mol. The first-order valence-corrected chi connectivity index (χ1v) is 8.31. The van der Waals surface area contributed by atoms with Crippen LogP contribution in [0.15, 0.2) is 18.1 Å². The molecule has 1 atom stereocenters. The van der Waals surface area contributed by atoms with Gasteiger partial charge in [-0.2, -0.15) is 0 Å². The lowest BCUT2D eigenvalue weighted by Crippen LogP contribution is -2.09. The molecule has 2 aromatic rings. The van der Waals surface area contributed by atoms with Crippen molar-refractivity contribution in [3.8, 4) is 0 Å². The third kappa shape index (κ3) is 2.30. The molecule has 0 amide bonds. The Morgan fingerprint density at radius 2 is 1.67 bits per heavy atom. The number of carbonyl (C=O) groups is 1. The van der Waals surface area contributed by atoms with Crippen LogP contribution in [0.1, 0.15) is 36.6 Å². The third-order valence-corrected chi connectivity index (χ3v) is 5.62. The standard InChI is InChI=1S/C16H16O3S2/c1-7-5-11(9(3)20-7)13-14(16(18)19-15(13)17)12-6-8(2)21-10(12)4/h5-6,13,18H,1-4H3. The number of esters is 1. The van der Waals surface area contributed by atoms with Crippen molar-refractivity contribution in [1.82, 2.24) is 0 Å². The number of aliphatic hydroxyl groups is 1. The van der Waals surface area contributed by atoms with Gasteiger partial charge in [0.25, 0.3) is 5.95 Å². The predicted octanol–water partition coefficient (Wildman–Crippen LogP) is 4.61. The number of hydrogen-bond acceptors (Lipinski definition) is 5. The maximum absolute atomic E-state index is 12.2. The molecule has 3 nitrogen and oxygen atoms in total. The first kappa shape index (κ1) is 14.4. The second kappa shape index (κ2) is 5.00. The van der Waals surface area contributed by atoms with Gasteiger partial charge in [-0.3, -0.25) is 4.79 Å². The quantitative estimate of drug-likeness (QED) is 0.822. The van der Waals surface area contributed by atoms with E-state index in [4.69, 9.17) is 4.74 Å². The van der Waals surface area contributed by atoms with Gasteiger partial charge in [0, 0.05) is 19.5 Å². The molecule has 3 heterocycles. The topological polar surface area (TPSA) is 46.5 Å². The molecule has 110 valence electrons. The van der Waals surface area contributed by atoms with Crippen LogP contribution < -0.4 is 0 Å². The van der Waals surface area contributed by atoms with E-state index in [1.807, 2.05) is 39.8 Å². The zero-order valence-electron chi connectivity index (χ0n) is 12.3. The van der Waals surface area contributed by atoms with Crippen LogP contribution >= 0.6 is 22.7 Å². The highest BCUT2D eigenvalue weighted by Gasteiger charge is 2.40. The second-order valence-corrected chi connectivity index (χ2v) is 8.19. The second-order valence-electron chi connectivity index (χ2n) is 5.27. The van der Waals surface area contributed by atoms with Gasteiger partial charge in [0.05, 0.1) is 5.57 Å². The van der Waals surface area contributed by atoms with Gasteiger partial charge in [0.1, 0.15) is 5.92 Å². The van der Waals surface area contributed by atoms with E-state index >= 15 is 0 Å². The summed E-state index contributed by atoms with van der Waals surface area (Å²) in [5.74, 6) is -1.18. The highest BCUT2D eigenvalue weighted by molar-refractivity contribution is 7.12. The summed E-state index contributed by atoms with van der Waals surface area (Å²) >= 11 is 3.31. The molecule has 0 aliphatic carbocycles. The Labute approximate surface area is 131 Å². The van der Waals surface area contributed by atoms with Crippen LogP contribution in [0.2, 0.25) is 0 Å². The number of cyclic esters (lactones) is 1. The maximum Gasteiger partial charge on any atom is 0.326 e. The SMILES string of the molecule is Cc1cc(C2=C(O)OC(=O)C2c2cc(C)sc2C)c(C)s1. The number of aliphatic hydroxyl groups excluding tert-OH is 1. The lowest BCUT2D eigenvalue weighted by atomic mass is 9.88. The van der Waals surface area contributed by atoms with E-state index in [0.717, 1.165) is 30.6 Å². The van der Waals surface area contributed by atoms with Gasteiger partial charge in [0.2, 0.25) is 0 Å². The fraction of sp³-hybridized carbons (Fsp3) is 0.312. The summed E-state index contributed by atoms with van der Waals surface area (Å²) < 4.78 is 5.03. The summed E-state index contributed by atoms with van der Waals surface area (Å²) in [5, 5.41) is 10.1. The van der Waals surface area contributed by atoms with E-state index in [1.165, 1.54) is 0 Å². The lowest BCUT2D eigenvalue weighted by Gasteiger charge is -2.10. The molecule has 0 fully saturated rings. The zero-order valence-corrected chi connectivity index (χ0v) is 13.9. The molecule has 21 heavy (non-hydrogen) atoms. The Balaban J connectivity index is 2.17. The number of aryl methyl sites for hydroxylation is 4. The van der Waals surface area contributed by atoms with Crippen LogP contribution in [0.4, 0.5) is 0 Å². The number of carbonyl (C=O) groups excluding carboxylic acids is 1. The summed E-state index contributed by atoms with van der Waals surface area (Å²) in [6, 6.07) is 4.02. The van der Waals surface area contributed by atoms with Gasteiger partial charge in [-0.1, -0.05) is 0 Å². The number of ether oxygens (including phenoxy) is 1. The van der Waals surface area contributed by atoms with Gasteiger partial charge in [-0.15, -0.1) is 22.7 Å². The van der Waals surface area contributed by atoms with Crippen LogP contribution in [0.5, 0.6) is 0 Å². The Hall–Kier alpha value is -1.59. The first-order valence-electron chi connectivity index (χ1n) is 6.67. The first-order chi connectivity index (χ1) is 9.88. The van der Waals surface area contributed by atoms with E-state index in [2.05, 4.69) is 0 Å². The molecule has 1 unspecified atom stereocenters. The molecule has 1 aliphatic rings. The van der Waals surface area contributed by atoms with E-state index in [-0.39, 0.29) is 5.95 Å². The van der Waals surface area contributed by atoms with Crippen LogP contribution in [-0.2, 0) is 9.53 Å². The number of hydrogen-bond donors (Lipinski definition) is 1. The fourth-order valence-corrected chi connectivity index (χ4v) is 4.74. The molecule has 0 saturated carbocycles. The summed E-state index contributed by atoms with van der Waals surface area (Å²) in [7, 11) is 0. The average molecular weight is 320 g/mol. The van der Waals surface area contributed by atoms with E-state index in [0.29, 0.717) is 5.57 Å². The van der Waals surface area contributed by atoms with Crippen molar-refractivity contribution >= 4 is 34.2 Å². The maximum atomic E-state index is 12.2. The minimum atomic E-state index is -0.525. The molecule has 1 aliphatic heterocycles. The Morgan fingerprint density at radius 1 is 1.05 bits per heavy atom. The van der Waals surface area contributed by atoms with Crippen molar-refractivity contribution in [1.29, 1.82) is 0 Å². The van der Waals surface area contributed by atoms with E-state index < -0.39 is 11.9 Å². The van der Waals surface area contributed by atoms with Gasteiger partial charge in [-0.05, 0) is 51.0 Å². The fourth-order valence-electron chi connectivity index (χ4n) is 2.84. The number of thiophene rings is 2. The molecule has 0 saturated heterocycles. The Bertz CT molecular complexity index is 765. The van der Waals surface area contributed by atoms with Crippen LogP contribution in [0.3, 0.4) is 0 Å². The minimum Gasteiger partial charge on any atom is -0.480 e. The molecule has 2 aromatic heterocycles. The van der Waals surface area contributed by atoms with Gasteiger partial charge < -0.3 is 9.84 Å². The third-order valence-electron chi connectivity index (χ3n) is 3.67. The van der Waals surface area contributed by atoms with Crippen LogP contribution in [-0.4, -0.2) is 11.1 Å². The van der Waals surface area contributed by atoms with Crippen LogP contribution in [0.25, 0.3) is 5.57 Å². The van der Waals surface area contributed by atoms with Crippen molar-refractivity contribution in [3.63, 3.8) is 0 Å². The Kier molecular flexibility index (Phi) is 3.42. The molecule has 0 radical (unpaired) electrons. The minimum absolute atomic E-state index is 0.255. The number of rotatable bonds is 2. The van der Waals surface area contributed by atoms with E-state index in [9.17, 15) is 9.90 Å². The largest absolute Gasteiger partial charge is 0.480 e. The summed E-state index contributed by atoms with van der Waals surface area (Å²) in [4.78, 5) is 16.7.